The first-order chi connectivity index (χ1) is 7.68. The number of hydrogen-bond acceptors (Lipinski definition) is 3. The Morgan fingerprint density at radius 2 is 2.19 bits per heavy atom. The molecule has 0 aromatic heterocycles. The maximum absolute atomic E-state index is 11.1. The number of rotatable bonds is 1. The standard InChI is InChI=1S/C12H13NO3/c14-10-3-1-2-7-6-8-4-5-9(12(15)16)13(8)11(7)10/h1-3,8-9,14H,4-6H2,(H,15,16). The van der Waals surface area contributed by atoms with E-state index in [2.05, 4.69) is 0 Å². The lowest BCUT2D eigenvalue weighted by Crippen LogP contribution is -2.38. The van der Waals surface area contributed by atoms with Crippen LogP contribution in [0, 0.1) is 0 Å². The first kappa shape index (κ1) is 9.51. The maximum atomic E-state index is 11.1. The Balaban J connectivity index is 2.09. The van der Waals surface area contributed by atoms with E-state index in [1.807, 2.05) is 17.0 Å². The summed E-state index contributed by atoms with van der Waals surface area (Å²) in [6.45, 7) is 0. The first-order valence-electron chi connectivity index (χ1n) is 5.50. The summed E-state index contributed by atoms with van der Waals surface area (Å²) < 4.78 is 0. The van der Waals surface area contributed by atoms with Gasteiger partial charge in [0.05, 0.1) is 5.69 Å². The van der Waals surface area contributed by atoms with Gasteiger partial charge < -0.3 is 15.1 Å². The molecular weight excluding hydrogens is 206 g/mol. The molecule has 0 bridgehead atoms. The largest absolute Gasteiger partial charge is 0.506 e. The van der Waals surface area contributed by atoms with Crippen LogP contribution in [0.4, 0.5) is 5.69 Å². The fourth-order valence-electron chi connectivity index (χ4n) is 2.96. The van der Waals surface area contributed by atoms with Gasteiger partial charge in [-0.1, -0.05) is 12.1 Å². The van der Waals surface area contributed by atoms with Gasteiger partial charge in [-0.15, -0.1) is 0 Å². The number of phenolic OH excluding ortho intramolecular Hbond substituents is 1. The van der Waals surface area contributed by atoms with Crippen LogP contribution < -0.4 is 4.90 Å². The number of carboxylic acid groups (broad SMARTS) is 1. The van der Waals surface area contributed by atoms with Gasteiger partial charge in [-0.2, -0.15) is 0 Å². The van der Waals surface area contributed by atoms with Crippen molar-refractivity contribution < 1.29 is 15.0 Å². The first-order valence-corrected chi connectivity index (χ1v) is 5.50. The lowest BCUT2D eigenvalue weighted by atomic mass is 10.1. The summed E-state index contributed by atoms with van der Waals surface area (Å²) >= 11 is 0. The number of para-hydroxylation sites is 1. The number of nitrogens with zero attached hydrogens (tertiary/aromatic N) is 1. The summed E-state index contributed by atoms with van der Waals surface area (Å²) in [6, 6.07) is 5.18. The second-order valence-corrected chi connectivity index (χ2v) is 4.48. The summed E-state index contributed by atoms with van der Waals surface area (Å²) in [5.41, 5.74) is 1.80. The molecule has 4 heteroatoms. The van der Waals surface area contributed by atoms with Gasteiger partial charge in [0.2, 0.25) is 0 Å². The van der Waals surface area contributed by atoms with E-state index in [1.54, 1.807) is 6.07 Å². The number of phenols is 1. The molecule has 0 spiro atoms. The van der Waals surface area contributed by atoms with E-state index in [-0.39, 0.29) is 11.8 Å². The second-order valence-electron chi connectivity index (χ2n) is 4.48. The smallest absolute Gasteiger partial charge is 0.326 e. The summed E-state index contributed by atoms with van der Waals surface area (Å²) in [5, 5.41) is 19.0. The lowest BCUT2D eigenvalue weighted by molar-refractivity contribution is -0.138. The Kier molecular flexibility index (Phi) is 1.87. The Bertz CT molecular complexity index is 458. The number of anilines is 1. The molecule has 0 saturated carbocycles. The quantitative estimate of drug-likeness (QED) is 0.749. The minimum Gasteiger partial charge on any atom is -0.506 e. The fraction of sp³-hybridized carbons (Fsp3) is 0.417. The van der Waals surface area contributed by atoms with E-state index in [9.17, 15) is 9.90 Å². The minimum atomic E-state index is -0.793. The molecule has 1 fully saturated rings. The number of benzene rings is 1. The molecule has 2 aliphatic heterocycles. The van der Waals surface area contributed by atoms with Gasteiger partial charge in [0, 0.05) is 6.04 Å². The molecule has 2 unspecified atom stereocenters. The molecule has 84 valence electrons. The highest BCUT2D eigenvalue weighted by atomic mass is 16.4. The molecule has 16 heavy (non-hydrogen) atoms. The molecule has 2 heterocycles. The number of carbonyl (C=O) groups is 1. The van der Waals surface area contributed by atoms with Crippen molar-refractivity contribution in [3.63, 3.8) is 0 Å². The van der Waals surface area contributed by atoms with Crippen LogP contribution in [0.3, 0.4) is 0 Å². The second kappa shape index (κ2) is 3.14. The molecule has 2 N–H and O–H groups in total. The van der Waals surface area contributed by atoms with Crippen LogP contribution in [0.25, 0.3) is 0 Å². The summed E-state index contributed by atoms with van der Waals surface area (Å²) in [6.07, 6.45) is 2.42. The third-order valence-corrected chi connectivity index (χ3v) is 3.60. The third kappa shape index (κ3) is 1.13. The van der Waals surface area contributed by atoms with E-state index in [1.165, 1.54) is 0 Å². The van der Waals surface area contributed by atoms with Crippen LogP contribution in [0.2, 0.25) is 0 Å². The Labute approximate surface area is 93.1 Å². The lowest BCUT2D eigenvalue weighted by Gasteiger charge is -2.24. The molecule has 2 aliphatic rings. The highest BCUT2D eigenvalue weighted by Crippen LogP contribution is 2.45. The van der Waals surface area contributed by atoms with Crippen molar-refractivity contribution in [2.75, 3.05) is 4.90 Å². The molecule has 3 rings (SSSR count). The average molecular weight is 219 g/mol. The summed E-state index contributed by atoms with van der Waals surface area (Å²) in [7, 11) is 0. The van der Waals surface area contributed by atoms with Gasteiger partial charge >= 0.3 is 5.97 Å². The molecule has 0 amide bonds. The fourth-order valence-corrected chi connectivity index (χ4v) is 2.96. The molecule has 0 aliphatic carbocycles. The Hall–Kier alpha value is -1.71. The number of aromatic hydroxyl groups is 1. The van der Waals surface area contributed by atoms with Crippen molar-refractivity contribution in [2.24, 2.45) is 0 Å². The van der Waals surface area contributed by atoms with Crippen molar-refractivity contribution in [3.05, 3.63) is 23.8 Å². The predicted octanol–water partition coefficient (Wildman–Crippen LogP) is 1.37. The van der Waals surface area contributed by atoms with E-state index < -0.39 is 12.0 Å². The monoisotopic (exact) mass is 219 g/mol. The number of fused-ring (bicyclic) bond motifs is 3. The van der Waals surface area contributed by atoms with Gasteiger partial charge in [0.1, 0.15) is 11.8 Å². The third-order valence-electron chi connectivity index (χ3n) is 3.60. The van der Waals surface area contributed by atoms with Gasteiger partial charge in [0.15, 0.2) is 0 Å². The van der Waals surface area contributed by atoms with Gasteiger partial charge in [0.25, 0.3) is 0 Å². The van der Waals surface area contributed by atoms with Crippen LogP contribution in [0.5, 0.6) is 5.75 Å². The molecule has 2 atom stereocenters. The molecule has 4 nitrogen and oxygen atoms in total. The van der Waals surface area contributed by atoms with Crippen LogP contribution >= 0.6 is 0 Å². The van der Waals surface area contributed by atoms with E-state index in [0.717, 1.165) is 24.1 Å². The van der Waals surface area contributed by atoms with Crippen LogP contribution in [0.15, 0.2) is 18.2 Å². The van der Waals surface area contributed by atoms with Gasteiger partial charge in [-0.05, 0) is 30.9 Å². The SMILES string of the molecule is O=C(O)C1CCC2Cc3cccc(O)c3N21. The topological polar surface area (TPSA) is 60.8 Å². The predicted molar refractivity (Wildman–Crippen MR) is 58.7 cm³/mol. The molecule has 1 aromatic carbocycles. The summed E-state index contributed by atoms with van der Waals surface area (Å²) in [4.78, 5) is 13.0. The van der Waals surface area contributed by atoms with E-state index in [0.29, 0.717) is 6.42 Å². The number of aliphatic carboxylic acids is 1. The van der Waals surface area contributed by atoms with Gasteiger partial charge in [-0.25, -0.2) is 4.79 Å². The molecule has 0 radical (unpaired) electrons. The zero-order chi connectivity index (χ0) is 11.3. The van der Waals surface area contributed by atoms with Crippen molar-refractivity contribution in [2.45, 2.75) is 31.3 Å². The highest BCUT2D eigenvalue weighted by Gasteiger charge is 2.43. The number of carboxylic acids is 1. The molecule has 1 saturated heterocycles. The summed E-state index contributed by atoms with van der Waals surface area (Å²) in [5.74, 6) is -0.591. The maximum Gasteiger partial charge on any atom is 0.326 e. The molecular formula is C12H13NO3. The van der Waals surface area contributed by atoms with Gasteiger partial charge in [-0.3, -0.25) is 0 Å². The molecule has 1 aromatic rings. The Morgan fingerprint density at radius 3 is 2.94 bits per heavy atom. The average Bonchev–Trinajstić information content (AvgIpc) is 2.74. The van der Waals surface area contributed by atoms with E-state index >= 15 is 0 Å². The van der Waals surface area contributed by atoms with Crippen molar-refractivity contribution in [1.82, 2.24) is 0 Å². The van der Waals surface area contributed by atoms with Crippen molar-refractivity contribution >= 4 is 11.7 Å². The van der Waals surface area contributed by atoms with Crippen molar-refractivity contribution in [1.29, 1.82) is 0 Å². The Morgan fingerprint density at radius 1 is 1.38 bits per heavy atom. The zero-order valence-electron chi connectivity index (χ0n) is 8.76. The zero-order valence-corrected chi connectivity index (χ0v) is 8.76. The van der Waals surface area contributed by atoms with Crippen molar-refractivity contribution in [3.8, 4) is 5.75 Å². The normalized spacial score (nSPS) is 26.6. The van der Waals surface area contributed by atoms with Crippen LogP contribution in [-0.2, 0) is 11.2 Å². The minimum absolute atomic E-state index is 0.202. The van der Waals surface area contributed by atoms with Crippen LogP contribution in [0.1, 0.15) is 18.4 Å². The van der Waals surface area contributed by atoms with Crippen LogP contribution in [-0.4, -0.2) is 28.3 Å². The highest BCUT2D eigenvalue weighted by molar-refractivity contribution is 5.83. The number of hydrogen-bond donors (Lipinski definition) is 2. The van der Waals surface area contributed by atoms with E-state index in [4.69, 9.17) is 5.11 Å².